The average Bonchev–Trinajstić information content (AvgIpc) is 4.04. The molecule has 14 aromatic rings. The van der Waals surface area contributed by atoms with Crippen LogP contribution in [0.15, 0.2) is 218 Å². The minimum atomic E-state index is -0.112. The van der Waals surface area contributed by atoms with Crippen LogP contribution in [0.5, 0.6) is 0 Å². The summed E-state index contributed by atoms with van der Waals surface area (Å²) in [7, 11) is 0. The van der Waals surface area contributed by atoms with Gasteiger partial charge in [-0.15, -0.1) is 0 Å². The summed E-state index contributed by atoms with van der Waals surface area (Å²) < 4.78 is 5.63. The molecule has 0 aliphatic carbocycles. The lowest BCUT2D eigenvalue weighted by molar-refractivity contribution is 1.25. The Bertz CT molecular complexity index is 4610. The van der Waals surface area contributed by atoms with Crippen LogP contribution >= 0.6 is 0 Å². The maximum Gasteiger partial charge on any atom is 0.333 e. The number of benzene rings is 12. The molecule has 4 nitrogen and oxygen atoms in total. The topological polar surface area (TPSA) is 16.3 Å². The van der Waals surface area contributed by atoms with Crippen molar-refractivity contribution >= 4 is 146 Å². The number of hydrogen-bond donors (Lipinski definition) is 0. The Hall–Kier alpha value is -9.25. The van der Waals surface area contributed by atoms with Gasteiger partial charge in [0.1, 0.15) is 0 Å². The Morgan fingerprint density at radius 3 is 1.11 bits per heavy atom. The van der Waals surface area contributed by atoms with Gasteiger partial charge in [-0.1, -0.05) is 170 Å². The Morgan fingerprint density at radius 2 is 0.649 bits per heavy atom. The van der Waals surface area contributed by atoms with Crippen molar-refractivity contribution in [3.63, 3.8) is 0 Å². The molecule has 4 aliphatic rings. The minimum absolute atomic E-state index is 0.112. The fourth-order valence-corrected chi connectivity index (χ4v) is 14.8. The Balaban J connectivity index is 0.997. The van der Waals surface area contributed by atoms with Crippen LogP contribution in [0.1, 0.15) is 11.1 Å². The molecule has 0 saturated carbocycles. The largest absolute Gasteiger partial charge is 0.374 e. The molecule has 4 aliphatic heterocycles. The van der Waals surface area contributed by atoms with Gasteiger partial charge in [0.15, 0.2) is 0 Å². The van der Waals surface area contributed by atoms with Crippen LogP contribution in [0.2, 0.25) is 0 Å². The molecule has 0 spiro atoms. The van der Waals surface area contributed by atoms with Crippen molar-refractivity contribution in [2.45, 2.75) is 13.8 Å². The first-order valence-electron chi connectivity index (χ1n) is 26.1. The van der Waals surface area contributed by atoms with Gasteiger partial charge in [0.2, 0.25) is 0 Å². The summed E-state index contributed by atoms with van der Waals surface area (Å²) in [4.78, 5) is 5.13. The number of aryl methyl sites for hydroxylation is 2. The van der Waals surface area contributed by atoms with E-state index in [1.807, 2.05) is 0 Å². The van der Waals surface area contributed by atoms with E-state index in [0.717, 1.165) is 0 Å². The van der Waals surface area contributed by atoms with Crippen molar-refractivity contribution in [1.29, 1.82) is 0 Å². The van der Waals surface area contributed by atoms with Gasteiger partial charge in [-0.3, -0.25) is 0 Å². The molecule has 18 rings (SSSR count). The first kappa shape index (κ1) is 39.4. The number of aromatic nitrogens is 2. The lowest BCUT2D eigenvalue weighted by Crippen LogP contribution is -2.57. The highest BCUT2D eigenvalue weighted by Gasteiger charge is 2.48. The summed E-state index contributed by atoms with van der Waals surface area (Å²) >= 11 is 0. The molecule has 6 heterocycles. The third-order valence-electron chi connectivity index (χ3n) is 17.6. The van der Waals surface area contributed by atoms with Crippen LogP contribution in [-0.4, -0.2) is 22.7 Å². The van der Waals surface area contributed by atoms with Gasteiger partial charge >= 0.3 is 13.7 Å². The van der Waals surface area contributed by atoms with Crippen LogP contribution in [0, 0.1) is 13.8 Å². The zero-order valence-electron chi connectivity index (χ0n) is 40.7. The summed E-state index contributed by atoms with van der Waals surface area (Å²) in [6.07, 6.45) is 0. The Labute approximate surface area is 427 Å². The van der Waals surface area contributed by atoms with Crippen molar-refractivity contribution in [2.75, 3.05) is 9.80 Å². The molecule has 0 amide bonds. The molecule has 0 unspecified atom stereocenters. The number of nitrogens with zero attached hydrogens (tertiary/aromatic N) is 4. The highest BCUT2D eigenvalue weighted by molar-refractivity contribution is 6.93. The van der Waals surface area contributed by atoms with Crippen molar-refractivity contribution in [1.82, 2.24) is 8.96 Å². The third kappa shape index (κ3) is 4.74. The predicted molar refractivity (Wildman–Crippen MR) is 316 cm³/mol. The molecule has 6 heteroatoms. The lowest BCUT2D eigenvalue weighted by Gasteiger charge is -2.41. The molecule has 12 aromatic carbocycles. The van der Waals surface area contributed by atoms with Gasteiger partial charge in [-0.2, -0.15) is 0 Å². The smallest absolute Gasteiger partial charge is 0.333 e. The highest BCUT2D eigenvalue weighted by Crippen LogP contribution is 2.52. The number of anilines is 6. The van der Waals surface area contributed by atoms with Crippen molar-refractivity contribution in [3.05, 3.63) is 230 Å². The summed E-state index contributed by atoms with van der Waals surface area (Å²) in [6, 6.07) is 83.0. The zero-order chi connectivity index (χ0) is 48.2. The van der Waals surface area contributed by atoms with E-state index in [-0.39, 0.29) is 13.7 Å². The van der Waals surface area contributed by atoms with E-state index >= 15 is 0 Å². The van der Waals surface area contributed by atoms with Crippen molar-refractivity contribution in [3.8, 4) is 22.3 Å². The van der Waals surface area contributed by atoms with E-state index in [1.54, 1.807) is 0 Å². The first-order chi connectivity index (χ1) is 36.6. The van der Waals surface area contributed by atoms with Crippen LogP contribution < -0.4 is 31.7 Å². The van der Waals surface area contributed by atoms with Crippen molar-refractivity contribution < 1.29 is 0 Å². The number of fused-ring (bicyclic) bond motifs is 19. The Morgan fingerprint density at radius 1 is 0.284 bits per heavy atom. The fourth-order valence-electron chi connectivity index (χ4n) is 14.8. The molecule has 0 bridgehead atoms. The zero-order valence-corrected chi connectivity index (χ0v) is 40.7. The summed E-state index contributed by atoms with van der Waals surface area (Å²) in [5, 5.41) is 12.6. The third-order valence-corrected chi connectivity index (χ3v) is 17.6. The predicted octanol–water partition coefficient (Wildman–Crippen LogP) is 14.8. The average molecular weight is 937 g/mol. The quantitative estimate of drug-likeness (QED) is 0.161. The lowest BCUT2D eigenvalue weighted by atomic mass is 9.44. The van der Waals surface area contributed by atoms with Gasteiger partial charge in [-0.25, -0.2) is 0 Å². The second-order valence-electron chi connectivity index (χ2n) is 21.2. The number of hydrogen-bond acceptors (Lipinski definition) is 2. The molecular formula is C68H42B2N4. The van der Waals surface area contributed by atoms with Gasteiger partial charge in [0, 0.05) is 67.1 Å². The standard InChI is InChI=1S/C68H42B2N4/c1-39-25-33-57-63-59(39)51-21-11-23-53-65(51)73(69(63)61-49-19-9-7-15-43(49)29-35-55(61)71(57)47-31-27-41-13-3-5-17-45(41)37-47)68-54-24-12-22-52-60-40(2)26-34-58-64(60)70(74(66(52)54)67(53)68)62-50-20-10-8-16-44(50)30-36-56(62)72(58)48-32-28-42-14-4-6-18-46(42)38-48/h3-38H,1-2H3. The van der Waals surface area contributed by atoms with E-state index < -0.39 is 0 Å². The second kappa shape index (κ2) is 13.8. The van der Waals surface area contributed by atoms with E-state index in [4.69, 9.17) is 0 Å². The van der Waals surface area contributed by atoms with E-state index in [9.17, 15) is 0 Å². The molecule has 0 saturated heterocycles. The molecular weight excluding hydrogens is 894 g/mol. The van der Waals surface area contributed by atoms with Gasteiger partial charge in [0.05, 0.1) is 11.0 Å². The highest BCUT2D eigenvalue weighted by atomic mass is 15.2. The summed E-state index contributed by atoms with van der Waals surface area (Å²) in [5.41, 5.74) is 25.8. The van der Waals surface area contributed by atoms with E-state index in [2.05, 4.69) is 251 Å². The Kier molecular flexibility index (Phi) is 7.36. The van der Waals surface area contributed by atoms with Gasteiger partial charge in [0.25, 0.3) is 0 Å². The molecule has 0 N–H and O–H groups in total. The fraction of sp³-hybridized carbons (Fsp3) is 0.0294. The monoisotopic (exact) mass is 936 g/mol. The van der Waals surface area contributed by atoms with Crippen LogP contribution in [0.4, 0.5) is 34.1 Å². The number of rotatable bonds is 2. The van der Waals surface area contributed by atoms with Crippen molar-refractivity contribution in [2.24, 2.45) is 0 Å². The molecule has 340 valence electrons. The van der Waals surface area contributed by atoms with Crippen LogP contribution in [-0.2, 0) is 0 Å². The molecule has 0 atom stereocenters. The normalized spacial score (nSPS) is 13.7. The summed E-state index contributed by atoms with van der Waals surface area (Å²) in [5.74, 6) is 0. The minimum Gasteiger partial charge on any atom is -0.374 e. The van der Waals surface area contributed by atoms with Gasteiger partial charge in [-0.05, 0) is 150 Å². The molecule has 74 heavy (non-hydrogen) atoms. The first-order valence-corrected chi connectivity index (χ1v) is 26.1. The van der Waals surface area contributed by atoms with Crippen LogP contribution in [0.25, 0.3) is 98.2 Å². The SMILES string of the molecule is Cc1ccc2c3c1-c1cccc4c1n(c1c5cccc6c5n(c41)B1c4c(ccc(C)c4-6)N(c4ccc5ccccc5c4)c4ccc5ccccc5c41)B3c1c(ccc3ccccc13)N2c1ccc2ccccc2c1. The molecule has 0 radical (unpaired) electrons. The summed E-state index contributed by atoms with van der Waals surface area (Å²) in [6.45, 7) is 4.43. The van der Waals surface area contributed by atoms with Gasteiger partial charge < -0.3 is 18.8 Å². The van der Waals surface area contributed by atoms with E-state index in [1.165, 1.54) is 165 Å². The maximum atomic E-state index is 2.81. The van der Waals surface area contributed by atoms with Crippen LogP contribution in [0.3, 0.4) is 0 Å². The number of para-hydroxylation sites is 2. The molecule has 0 fully saturated rings. The second-order valence-corrected chi connectivity index (χ2v) is 21.2. The molecule has 2 aromatic heterocycles. The van der Waals surface area contributed by atoms with E-state index in [0.29, 0.717) is 0 Å². The maximum absolute atomic E-state index is 2.81.